The predicted octanol–water partition coefficient (Wildman–Crippen LogP) is 4.04. The Kier molecular flexibility index (Phi) is 21.1. The van der Waals surface area contributed by atoms with Crippen molar-refractivity contribution in [1.82, 2.24) is 30.8 Å². The van der Waals surface area contributed by atoms with Gasteiger partial charge in [-0.25, -0.2) is 9.86 Å². The van der Waals surface area contributed by atoms with E-state index < -0.39 is 84.1 Å². The maximum atomic E-state index is 14.4. The fraction of sp³-hybridized carbons (Fsp3) is 0.733. The molecule has 0 radical (unpaired) electrons. The maximum Gasteiger partial charge on any atom is 0.491 e. The van der Waals surface area contributed by atoms with E-state index in [0.29, 0.717) is 50.9 Å². The number of methoxy groups -OCH3 is 2. The third kappa shape index (κ3) is 14.4. The van der Waals surface area contributed by atoms with Gasteiger partial charge in [-0.15, -0.1) is 0 Å². The lowest BCUT2D eigenvalue weighted by Crippen LogP contribution is -2.60. The summed E-state index contributed by atoms with van der Waals surface area (Å²) in [5, 5.41) is 9.63. The summed E-state index contributed by atoms with van der Waals surface area (Å²) in [4.78, 5) is 89.8. The summed E-state index contributed by atoms with van der Waals surface area (Å²) in [5.41, 5.74) is 0.461. The standard InChI is InChI=1S/C45H71F3N6O10/c1-12-28(6)38(52(9)37(27(4)5)42(58)51-41(57)36(49-8)26(2)3)34(61-10)25-35(55)53-21-15-16-33(53)39(62-11)29(7)40(56)50-32(43(59)54-22-13-14-23-63-54)24-30-17-19-31(20-18-30)64-44(60)45(46,47)48/h17-20,26-29,32-34,36-39,49H,12-16,21-25H2,1-11H3,(H,50,56)(H,51,57,58)/t28-,29+,32-,33-,34+,36-,37-,38-,39+/m0/s1. The molecule has 0 spiro atoms. The van der Waals surface area contributed by atoms with E-state index in [4.69, 9.17) is 14.3 Å². The summed E-state index contributed by atoms with van der Waals surface area (Å²) in [6.07, 6.45) is -3.40. The summed E-state index contributed by atoms with van der Waals surface area (Å²) in [6, 6.07) is 1.77. The number of nitrogens with zero attached hydrogens (tertiary/aromatic N) is 3. The zero-order valence-corrected chi connectivity index (χ0v) is 39.3. The Labute approximate surface area is 375 Å². The lowest BCUT2D eigenvalue weighted by Gasteiger charge is -2.43. The van der Waals surface area contributed by atoms with E-state index in [0.717, 1.165) is 6.42 Å². The normalized spacial score (nSPS) is 19.7. The van der Waals surface area contributed by atoms with Crippen LogP contribution in [-0.2, 0) is 49.5 Å². The SMILES string of the molecule is CC[C@H](C)[C@@H]([C@@H](CC(=O)N1CCC[C@H]1[C@H](OC)[C@@H](C)C(=O)N[C@@H](Cc1ccc(OC(=O)C(F)(F)F)cc1)C(=O)N1CCCCO1)OC)N(C)[C@H](C(=O)NC(=O)[C@@H](NC)C(C)C)C(C)C. The molecule has 2 saturated heterocycles. The molecule has 362 valence electrons. The number of imide groups is 1. The van der Waals surface area contributed by atoms with Crippen LogP contribution < -0.4 is 20.7 Å². The molecule has 3 N–H and O–H groups in total. The number of carbonyl (C=O) groups excluding carboxylic acids is 6. The zero-order chi connectivity index (χ0) is 48.1. The van der Waals surface area contributed by atoms with E-state index in [-0.39, 0.29) is 42.3 Å². The molecule has 2 aliphatic heterocycles. The first-order valence-electron chi connectivity index (χ1n) is 22.3. The number of benzene rings is 1. The number of amides is 5. The van der Waals surface area contributed by atoms with Gasteiger partial charge < -0.3 is 29.7 Å². The second kappa shape index (κ2) is 24.9. The van der Waals surface area contributed by atoms with Gasteiger partial charge in [0.2, 0.25) is 23.6 Å². The summed E-state index contributed by atoms with van der Waals surface area (Å²) in [7, 11) is 6.48. The first kappa shape index (κ1) is 54.2. The molecule has 3 rings (SSSR count). The number of rotatable bonds is 22. The Bertz CT molecular complexity index is 1710. The van der Waals surface area contributed by atoms with E-state index in [1.165, 1.54) is 43.5 Å². The Morgan fingerprint density at radius 1 is 0.891 bits per heavy atom. The number of likely N-dealkylation sites (N-methyl/N-ethyl adjacent to an activating group) is 2. The van der Waals surface area contributed by atoms with Crippen molar-refractivity contribution in [1.29, 1.82) is 0 Å². The third-order valence-corrected chi connectivity index (χ3v) is 12.4. The van der Waals surface area contributed by atoms with Crippen LogP contribution in [0.2, 0.25) is 0 Å². The molecule has 2 heterocycles. The van der Waals surface area contributed by atoms with Crippen molar-refractivity contribution >= 4 is 35.5 Å². The number of halogens is 3. The lowest BCUT2D eigenvalue weighted by molar-refractivity contribution is -0.199. The van der Waals surface area contributed by atoms with Gasteiger partial charge in [-0.3, -0.25) is 39.0 Å². The van der Waals surface area contributed by atoms with E-state index in [2.05, 4.69) is 20.7 Å². The van der Waals surface area contributed by atoms with Crippen LogP contribution in [0.1, 0.15) is 92.6 Å². The first-order chi connectivity index (χ1) is 30.1. The Balaban J connectivity index is 1.82. The largest absolute Gasteiger partial charge is 0.491 e. The molecule has 5 amide bonds. The van der Waals surface area contributed by atoms with Crippen molar-refractivity contribution in [3.8, 4) is 5.75 Å². The number of nitrogens with one attached hydrogen (secondary N) is 3. The van der Waals surface area contributed by atoms with Crippen LogP contribution in [0.3, 0.4) is 0 Å². The Morgan fingerprint density at radius 2 is 1.55 bits per heavy atom. The van der Waals surface area contributed by atoms with Gasteiger partial charge >= 0.3 is 12.1 Å². The fourth-order valence-corrected chi connectivity index (χ4v) is 8.92. The smallest absolute Gasteiger partial charge is 0.420 e. The average molecular weight is 913 g/mol. The van der Waals surface area contributed by atoms with Gasteiger partial charge in [0.05, 0.1) is 49.3 Å². The van der Waals surface area contributed by atoms with Crippen molar-refractivity contribution in [3.05, 3.63) is 29.8 Å². The molecule has 0 unspecified atom stereocenters. The van der Waals surface area contributed by atoms with Crippen molar-refractivity contribution < 1.29 is 61.0 Å². The van der Waals surface area contributed by atoms with E-state index in [1.54, 1.807) is 18.9 Å². The molecule has 64 heavy (non-hydrogen) atoms. The van der Waals surface area contributed by atoms with Crippen LogP contribution in [0.5, 0.6) is 5.75 Å². The molecular weight excluding hydrogens is 842 g/mol. The van der Waals surface area contributed by atoms with Crippen LogP contribution in [0.25, 0.3) is 0 Å². The molecular formula is C45H71F3N6O10. The average Bonchev–Trinajstić information content (AvgIpc) is 3.73. The van der Waals surface area contributed by atoms with Crippen LogP contribution >= 0.6 is 0 Å². The maximum absolute atomic E-state index is 14.4. The second-order valence-corrected chi connectivity index (χ2v) is 17.6. The number of alkyl halides is 3. The lowest BCUT2D eigenvalue weighted by atomic mass is 9.87. The van der Waals surface area contributed by atoms with Crippen molar-refractivity contribution in [2.75, 3.05) is 48.0 Å². The minimum Gasteiger partial charge on any atom is -0.420 e. The monoisotopic (exact) mass is 913 g/mol. The van der Waals surface area contributed by atoms with Gasteiger partial charge in [-0.05, 0) is 75.2 Å². The molecule has 0 bridgehead atoms. The van der Waals surface area contributed by atoms with E-state index >= 15 is 0 Å². The number of likely N-dealkylation sites (tertiary alicyclic amines) is 1. The predicted molar refractivity (Wildman–Crippen MR) is 231 cm³/mol. The number of hydroxylamine groups is 2. The van der Waals surface area contributed by atoms with Crippen LogP contribution in [0, 0.1) is 23.7 Å². The summed E-state index contributed by atoms with van der Waals surface area (Å²) in [6.45, 7) is 14.3. The molecule has 0 aromatic heterocycles. The molecule has 0 aliphatic carbocycles. The number of esters is 1. The topological polar surface area (TPSA) is 185 Å². The van der Waals surface area contributed by atoms with Gasteiger partial charge in [0.25, 0.3) is 5.91 Å². The van der Waals surface area contributed by atoms with Gasteiger partial charge in [0, 0.05) is 39.8 Å². The van der Waals surface area contributed by atoms with Crippen molar-refractivity contribution in [3.63, 3.8) is 0 Å². The minimum absolute atomic E-state index is 0.0334. The van der Waals surface area contributed by atoms with Gasteiger partial charge in [0.15, 0.2) is 0 Å². The molecule has 2 aliphatic rings. The zero-order valence-electron chi connectivity index (χ0n) is 39.3. The molecule has 1 aromatic rings. The van der Waals surface area contributed by atoms with E-state index in [1.807, 2.05) is 53.5 Å². The van der Waals surface area contributed by atoms with Crippen LogP contribution in [-0.4, -0.2) is 147 Å². The van der Waals surface area contributed by atoms with E-state index in [9.17, 15) is 41.9 Å². The highest BCUT2D eigenvalue weighted by Gasteiger charge is 2.45. The van der Waals surface area contributed by atoms with Crippen molar-refractivity contribution in [2.45, 2.75) is 142 Å². The van der Waals surface area contributed by atoms with Gasteiger partial charge in [0.1, 0.15) is 11.8 Å². The molecule has 0 saturated carbocycles. The van der Waals surface area contributed by atoms with Gasteiger partial charge in [-0.1, -0.05) is 67.0 Å². The number of ether oxygens (including phenoxy) is 3. The third-order valence-electron chi connectivity index (χ3n) is 12.4. The van der Waals surface area contributed by atoms with Gasteiger partial charge in [-0.2, -0.15) is 13.2 Å². The molecule has 16 nitrogen and oxygen atoms in total. The number of hydrogen-bond donors (Lipinski definition) is 3. The Morgan fingerprint density at radius 3 is 2.06 bits per heavy atom. The molecule has 9 atom stereocenters. The van der Waals surface area contributed by atoms with Crippen molar-refractivity contribution in [2.24, 2.45) is 23.7 Å². The highest BCUT2D eigenvalue weighted by Crippen LogP contribution is 2.31. The molecule has 2 fully saturated rings. The highest BCUT2D eigenvalue weighted by atomic mass is 19.4. The van der Waals surface area contributed by atoms with Crippen LogP contribution in [0.4, 0.5) is 13.2 Å². The summed E-state index contributed by atoms with van der Waals surface area (Å²) < 4.78 is 54.7. The first-order valence-corrected chi connectivity index (χ1v) is 22.3. The summed E-state index contributed by atoms with van der Waals surface area (Å²) in [5.74, 6) is -6.00. The summed E-state index contributed by atoms with van der Waals surface area (Å²) >= 11 is 0. The second-order valence-electron chi connectivity index (χ2n) is 17.6. The minimum atomic E-state index is -5.18. The molecule has 1 aromatic carbocycles. The van der Waals surface area contributed by atoms with Crippen LogP contribution in [0.15, 0.2) is 24.3 Å². The number of hydrogen-bond acceptors (Lipinski definition) is 12. The highest BCUT2D eigenvalue weighted by molar-refractivity contribution is 6.00. The quantitative estimate of drug-likeness (QED) is 0.112. The molecule has 19 heteroatoms. The Hall–Kier alpha value is -4.17. The fourth-order valence-electron chi connectivity index (χ4n) is 8.92. The number of carbonyl (C=O) groups is 6.